The highest BCUT2D eigenvalue weighted by Crippen LogP contribution is 2.30. The summed E-state index contributed by atoms with van der Waals surface area (Å²) in [5.41, 5.74) is 3.09. The number of fused-ring (bicyclic) bond motifs is 1. The topological polar surface area (TPSA) is 60.5 Å². The number of pyridine rings is 1. The fourth-order valence-electron chi connectivity index (χ4n) is 3.68. The summed E-state index contributed by atoms with van der Waals surface area (Å²) in [6.45, 7) is 4.29. The van der Waals surface area contributed by atoms with E-state index in [1.165, 1.54) is 5.56 Å². The molecule has 146 valence electrons. The minimum Gasteiger partial charge on any atom is -0.497 e. The van der Waals surface area contributed by atoms with Crippen LogP contribution in [0.3, 0.4) is 0 Å². The standard InChI is InChI=1S/C21H27ClN2O3/c1-3-16-17(5-4-12-27-21(25)14-8-10-23-11-9-14)18-13-15(26-2)6-7-19(18)24-20(16)22/h6-7,13-14,23H,3-5,8-12H2,1-2H3. The van der Waals surface area contributed by atoms with E-state index < -0.39 is 0 Å². The number of methoxy groups -OCH3 is 1. The third kappa shape index (κ3) is 4.71. The van der Waals surface area contributed by atoms with Crippen molar-refractivity contribution < 1.29 is 14.3 Å². The average Bonchev–Trinajstić information content (AvgIpc) is 2.71. The normalized spacial score (nSPS) is 15.1. The van der Waals surface area contributed by atoms with Gasteiger partial charge in [0.25, 0.3) is 0 Å². The summed E-state index contributed by atoms with van der Waals surface area (Å²) in [5, 5.41) is 4.87. The molecule has 0 spiro atoms. The first-order valence-corrected chi connectivity index (χ1v) is 10.0. The molecule has 27 heavy (non-hydrogen) atoms. The van der Waals surface area contributed by atoms with Gasteiger partial charge >= 0.3 is 5.97 Å². The molecule has 1 aromatic heterocycles. The number of halogens is 1. The number of nitrogens with zero attached hydrogens (tertiary/aromatic N) is 1. The van der Waals surface area contributed by atoms with E-state index in [1.807, 2.05) is 18.2 Å². The number of nitrogens with one attached hydrogen (secondary N) is 1. The predicted octanol–water partition coefficient (Wildman–Crippen LogP) is 3.93. The molecule has 0 radical (unpaired) electrons. The van der Waals surface area contributed by atoms with E-state index in [-0.39, 0.29) is 11.9 Å². The van der Waals surface area contributed by atoms with Gasteiger partial charge < -0.3 is 14.8 Å². The summed E-state index contributed by atoms with van der Waals surface area (Å²) in [4.78, 5) is 16.7. The molecule has 0 saturated carbocycles. The van der Waals surface area contributed by atoms with Gasteiger partial charge in [-0.15, -0.1) is 0 Å². The summed E-state index contributed by atoms with van der Waals surface area (Å²) < 4.78 is 10.9. The Hall–Kier alpha value is -1.85. The van der Waals surface area contributed by atoms with Gasteiger partial charge in [0, 0.05) is 5.39 Å². The molecule has 0 aliphatic carbocycles. The Balaban J connectivity index is 1.70. The van der Waals surface area contributed by atoms with Crippen molar-refractivity contribution >= 4 is 28.5 Å². The highest BCUT2D eigenvalue weighted by atomic mass is 35.5. The van der Waals surface area contributed by atoms with Crippen LogP contribution >= 0.6 is 11.6 Å². The van der Waals surface area contributed by atoms with Crippen LogP contribution in [0.4, 0.5) is 0 Å². The SMILES string of the molecule is CCc1c(Cl)nc2ccc(OC)cc2c1CCCOC(=O)C1CCNCC1. The number of esters is 1. The summed E-state index contributed by atoms with van der Waals surface area (Å²) in [5.74, 6) is 0.775. The first-order chi connectivity index (χ1) is 13.1. The monoisotopic (exact) mass is 390 g/mol. The van der Waals surface area contributed by atoms with Gasteiger partial charge in [0.2, 0.25) is 0 Å². The van der Waals surface area contributed by atoms with E-state index in [9.17, 15) is 4.79 Å². The molecule has 0 unspecified atom stereocenters. The zero-order valence-electron chi connectivity index (χ0n) is 16.0. The molecule has 2 heterocycles. The molecule has 2 aromatic rings. The largest absolute Gasteiger partial charge is 0.497 e. The fraction of sp³-hybridized carbons (Fsp3) is 0.524. The lowest BCUT2D eigenvalue weighted by Crippen LogP contribution is -2.32. The van der Waals surface area contributed by atoms with Crippen LogP contribution < -0.4 is 10.1 Å². The molecule has 1 fully saturated rings. The molecular formula is C21H27ClN2O3. The Morgan fingerprint density at radius 3 is 2.78 bits per heavy atom. The summed E-state index contributed by atoms with van der Waals surface area (Å²) >= 11 is 6.41. The van der Waals surface area contributed by atoms with E-state index >= 15 is 0 Å². The second-order valence-electron chi connectivity index (χ2n) is 6.89. The van der Waals surface area contributed by atoms with Gasteiger partial charge in [0.1, 0.15) is 10.9 Å². The maximum absolute atomic E-state index is 12.2. The van der Waals surface area contributed by atoms with Gasteiger partial charge in [-0.25, -0.2) is 4.98 Å². The molecule has 0 amide bonds. The van der Waals surface area contributed by atoms with Crippen molar-refractivity contribution in [3.63, 3.8) is 0 Å². The number of rotatable bonds is 7. The van der Waals surface area contributed by atoms with Crippen LogP contribution in [0.2, 0.25) is 5.15 Å². The Bertz CT molecular complexity index is 804. The lowest BCUT2D eigenvalue weighted by atomic mass is 9.97. The van der Waals surface area contributed by atoms with Crippen molar-refractivity contribution in [1.29, 1.82) is 0 Å². The molecule has 1 aliphatic rings. The third-order valence-corrected chi connectivity index (χ3v) is 5.51. The maximum atomic E-state index is 12.2. The average molecular weight is 391 g/mol. The van der Waals surface area contributed by atoms with E-state index in [0.717, 1.165) is 67.4 Å². The Morgan fingerprint density at radius 1 is 1.30 bits per heavy atom. The molecule has 5 nitrogen and oxygen atoms in total. The van der Waals surface area contributed by atoms with Gasteiger partial charge in [0.05, 0.1) is 25.2 Å². The van der Waals surface area contributed by atoms with Gasteiger partial charge in [-0.2, -0.15) is 0 Å². The van der Waals surface area contributed by atoms with Crippen molar-refractivity contribution in [2.45, 2.75) is 39.0 Å². The van der Waals surface area contributed by atoms with Crippen LogP contribution in [-0.4, -0.2) is 37.8 Å². The Labute approximate surface area is 165 Å². The second-order valence-corrected chi connectivity index (χ2v) is 7.25. The van der Waals surface area contributed by atoms with Crippen molar-refractivity contribution in [2.24, 2.45) is 5.92 Å². The van der Waals surface area contributed by atoms with Gasteiger partial charge in [-0.3, -0.25) is 4.79 Å². The molecule has 1 aliphatic heterocycles. The van der Waals surface area contributed by atoms with Gasteiger partial charge in [0.15, 0.2) is 0 Å². The third-order valence-electron chi connectivity index (χ3n) is 5.20. The van der Waals surface area contributed by atoms with Crippen molar-refractivity contribution in [3.8, 4) is 5.75 Å². The Morgan fingerprint density at radius 2 is 2.07 bits per heavy atom. The molecule has 1 aromatic carbocycles. The summed E-state index contributed by atoms with van der Waals surface area (Å²) in [7, 11) is 1.66. The van der Waals surface area contributed by atoms with E-state index in [0.29, 0.717) is 11.8 Å². The second kappa shape index (κ2) is 9.38. The number of carbonyl (C=O) groups is 1. The van der Waals surface area contributed by atoms with Gasteiger partial charge in [-0.05, 0) is 74.5 Å². The van der Waals surface area contributed by atoms with E-state index in [4.69, 9.17) is 21.1 Å². The summed E-state index contributed by atoms with van der Waals surface area (Å²) in [6.07, 6.45) is 4.08. The zero-order chi connectivity index (χ0) is 19.2. The van der Waals surface area contributed by atoms with Crippen molar-refractivity contribution in [3.05, 3.63) is 34.5 Å². The predicted molar refractivity (Wildman–Crippen MR) is 108 cm³/mol. The molecule has 6 heteroatoms. The lowest BCUT2D eigenvalue weighted by molar-refractivity contribution is -0.149. The highest BCUT2D eigenvalue weighted by Gasteiger charge is 2.22. The van der Waals surface area contributed by atoms with Crippen LogP contribution in [-0.2, 0) is 22.4 Å². The number of ether oxygens (including phenoxy) is 2. The molecule has 1 saturated heterocycles. The molecular weight excluding hydrogens is 364 g/mol. The number of aryl methyl sites for hydroxylation is 1. The summed E-state index contributed by atoms with van der Waals surface area (Å²) in [6, 6.07) is 5.83. The van der Waals surface area contributed by atoms with Crippen LogP contribution in [0.1, 0.15) is 37.3 Å². The highest BCUT2D eigenvalue weighted by molar-refractivity contribution is 6.30. The number of benzene rings is 1. The van der Waals surface area contributed by atoms with E-state index in [1.54, 1.807) is 7.11 Å². The number of aromatic nitrogens is 1. The van der Waals surface area contributed by atoms with Crippen LogP contribution in [0.25, 0.3) is 10.9 Å². The minimum absolute atomic E-state index is 0.0397. The fourth-order valence-corrected chi connectivity index (χ4v) is 4.02. The Kier molecular flexibility index (Phi) is 6.91. The first-order valence-electron chi connectivity index (χ1n) is 9.66. The number of piperidine rings is 1. The number of hydrogen-bond donors (Lipinski definition) is 1. The zero-order valence-corrected chi connectivity index (χ0v) is 16.8. The molecule has 3 rings (SSSR count). The quantitative estimate of drug-likeness (QED) is 0.441. The molecule has 1 N–H and O–H groups in total. The van der Waals surface area contributed by atoms with Crippen LogP contribution in [0.15, 0.2) is 18.2 Å². The smallest absolute Gasteiger partial charge is 0.309 e. The lowest BCUT2D eigenvalue weighted by Gasteiger charge is -2.21. The molecule has 0 bridgehead atoms. The van der Waals surface area contributed by atoms with Crippen molar-refractivity contribution in [1.82, 2.24) is 10.3 Å². The van der Waals surface area contributed by atoms with E-state index in [2.05, 4.69) is 17.2 Å². The van der Waals surface area contributed by atoms with Crippen LogP contribution in [0, 0.1) is 5.92 Å². The molecule has 0 atom stereocenters. The van der Waals surface area contributed by atoms with Crippen molar-refractivity contribution in [2.75, 3.05) is 26.8 Å². The first kappa shape index (κ1) is 19.9. The number of carbonyl (C=O) groups excluding carboxylic acids is 1. The maximum Gasteiger partial charge on any atom is 0.309 e. The van der Waals surface area contributed by atoms with Crippen LogP contribution in [0.5, 0.6) is 5.75 Å². The number of hydrogen-bond acceptors (Lipinski definition) is 5. The minimum atomic E-state index is -0.0634. The van der Waals surface area contributed by atoms with Gasteiger partial charge in [-0.1, -0.05) is 18.5 Å².